The van der Waals surface area contributed by atoms with E-state index in [4.69, 9.17) is 0 Å². The Bertz CT molecular complexity index is 897. The zero-order chi connectivity index (χ0) is 23.2. The van der Waals surface area contributed by atoms with Crippen LogP contribution in [0.1, 0.15) is 68.6 Å². The molecule has 0 aliphatic heterocycles. The summed E-state index contributed by atoms with van der Waals surface area (Å²) < 4.78 is 41.8. The molecule has 0 spiro atoms. The summed E-state index contributed by atoms with van der Waals surface area (Å²) in [6, 6.07) is 18.5. The van der Waals surface area contributed by atoms with Crippen molar-refractivity contribution in [2.75, 3.05) is 7.05 Å². The van der Waals surface area contributed by atoms with Crippen LogP contribution in [0.4, 0.5) is 13.2 Å². The summed E-state index contributed by atoms with van der Waals surface area (Å²) in [5, 5.41) is 10.4. The SMILES string of the molecule is CC(CCC(C#N)(c1ccccc1C(F)(F)F)C1CCCCC1)N(C)Cc1ccccc1. The van der Waals surface area contributed by atoms with Crippen molar-refractivity contribution < 1.29 is 13.2 Å². The zero-order valence-electron chi connectivity index (χ0n) is 19.0. The van der Waals surface area contributed by atoms with Gasteiger partial charge in [-0.25, -0.2) is 0 Å². The van der Waals surface area contributed by atoms with Gasteiger partial charge in [-0.3, -0.25) is 4.90 Å². The Labute approximate surface area is 190 Å². The topological polar surface area (TPSA) is 27.0 Å². The van der Waals surface area contributed by atoms with Gasteiger partial charge in [0.15, 0.2) is 0 Å². The lowest BCUT2D eigenvalue weighted by molar-refractivity contribution is -0.138. The summed E-state index contributed by atoms with van der Waals surface area (Å²) in [7, 11) is 2.04. The standard InChI is InChI=1S/C27H33F3N2/c1-21(32(2)19-22-11-5-3-6-12-22)17-18-26(20-31,23-13-7-4-8-14-23)24-15-9-10-16-25(24)27(28,29)30/h3,5-6,9-12,15-16,21,23H,4,7-8,13-14,17-19H2,1-2H3. The third kappa shape index (κ3) is 5.53. The fourth-order valence-electron chi connectivity index (χ4n) is 5.17. The number of alkyl halides is 3. The molecule has 0 N–H and O–H groups in total. The minimum absolute atomic E-state index is 0.0450. The molecule has 0 heterocycles. The molecule has 0 bridgehead atoms. The molecule has 0 aromatic heterocycles. The van der Waals surface area contributed by atoms with Crippen molar-refractivity contribution in [2.45, 2.75) is 76.0 Å². The molecule has 2 nitrogen and oxygen atoms in total. The normalized spacial score (nSPS) is 18.2. The highest BCUT2D eigenvalue weighted by Gasteiger charge is 2.46. The van der Waals surface area contributed by atoms with Crippen molar-refractivity contribution in [1.82, 2.24) is 4.90 Å². The maximum Gasteiger partial charge on any atom is 0.416 e. The third-order valence-corrected chi connectivity index (χ3v) is 7.20. The molecule has 1 aliphatic carbocycles. The molecular formula is C27H33F3N2. The van der Waals surface area contributed by atoms with Crippen LogP contribution in [0.3, 0.4) is 0 Å². The number of rotatable bonds is 8. The lowest BCUT2D eigenvalue weighted by Gasteiger charge is -2.40. The fraction of sp³-hybridized carbons (Fsp3) is 0.519. The molecule has 1 saturated carbocycles. The molecule has 0 saturated heterocycles. The Morgan fingerprint density at radius 2 is 1.56 bits per heavy atom. The summed E-state index contributed by atoms with van der Waals surface area (Å²) >= 11 is 0. The van der Waals surface area contributed by atoms with Crippen LogP contribution in [-0.4, -0.2) is 18.0 Å². The van der Waals surface area contributed by atoms with Crippen LogP contribution < -0.4 is 0 Å². The second kappa shape index (κ2) is 10.5. The Hall–Kier alpha value is -2.32. The van der Waals surface area contributed by atoms with Crippen LogP contribution in [0.5, 0.6) is 0 Å². The van der Waals surface area contributed by atoms with Crippen molar-refractivity contribution in [2.24, 2.45) is 5.92 Å². The molecule has 2 atom stereocenters. The second-order valence-electron chi connectivity index (χ2n) is 9.25. The average Bonchev–Trinajstić information content (AvgIpc) is 2.80. The molecule has 2 aromatic carbocycles. The Balaban J connectivity index is 1.88. The van der Waals surface area contributed by atoms with Gasteiger partial charge in [-0.05, 0) is 62.8 Å². The van der Waals surface area contributed by atoms with E-state index in [9.17, 15) is 18.4 Å². The summed E-state index contributed by atoms with van der Waals surface area (Å²) in [6.07, 6.45) is 1.30. The smallest absolute Gasteiger partial charge is 0.299 e. The van der Waals surface area contributed by atoms with Gasteiger partial charge in [0.25, 0.3) is 0 Å². The summed E-state index contributed by atoms with van der Waals surface area (Å²) in [4.78, 5) is 2.22. The summed E-state index contributed by atoms with van der Waals surface area (Å²) in [6.45, 7) is 2.87. The molecular weight excluding hydrogens is 409 g/mol. The molecule has 0 amide bonds. The number of hydrogen-bond donors (Lipinski definition) is 0. The van der Waals surface area contributed by atoms with Crippen molar-refractivity contribution in [3.8, 4) is 6.07 Å². The Morgan fingerprint density at radius 1 is 0.969 bits per heavy atom. The van der Waals surface area contributed by atoms with E-state index in [1.165, 1.54) is 11.6 Å². The van der Waals surface area contributed by atoms with Gasteiger partial charge in [-0.15, -0.1) is 0 Å². The highest BCUT2D eigenvalue weighted by molar-refractivity contribution is 5.42. The van der Waals surface area contributed by atoms with E-state index in [0.717, 1.165) is 44.7 Å². The van der Waals surface area contributed by atoms with Crippen molar-refractivity contribution in [1.29, 1.82) is 5.26 Å². The highest BCUT2D eigenvalue weighted by atomic mass is 19.4. The van der Waals surface area contributed by atoms with E-state index in [1.807, 2.05) is 25.2 Å². The van der Waals surface area contributed by atoms with Crippen molar-refractivity contribution >= 4 is 0 Å². The molecule has 3 rings (SSSR count). The van der Waals surface area contributed by atoms with Crippen LogP contribution in [0.2, 0.25) is 0 Å². The van der Waals surface area contributed by atoms with Crippen molar-refractivity contribution in [3.05, 3.63) is 71.3 Å². The van der Waals surface area contributed by atoms with E-state index >= 15 is 0 Å². The minimum atomic E-state index is -4.47. The lowest BCUT2D eigenvalue weighted by Crippen LogP contribution is -2.39. The van der Waals surface area contributed by atoms with Gasteiger partial charge >= 0.3 is 6.18 Å². The molecule has 1 aliphatic rings. The maximum atomic E-state index is 13.9. The molecule has 2 unspecified atom stereocenters. The van der Waals surface area contributed by atoms with Gasteiger partial charge in [-0.1, -0.05) is 67.8 Å². The van der Waals surface area contributed by atoms with Gasteiger partial charge < -0.3 is 0 Å². The Morgan fingerprint density at radius 3 is 2.16 bits per heavy atom. The van der Waals surface area contributed by atoms with Gasteiger partial charge in [0.2, 0.25) is 0 Å². The van der Waals surface area contributed by atoms with Crippen LogP contribution in [0.25, 0.3) is 0 Å². The number of halogens is 3. The molecule has 5 heteroatoms. The summed E-state index contributed by atoms with van der Waals surface area (Å²) in [5.74, 6) is -0.0450. The first-order chi connectivity index (χ1) is 15.3. The van der Waals surface area contributed by atoms with Gasteiger partial charge in [0, 0.05) is 12.6 Å². The average molecular weight is 443 g/mol. The minimum Gasteiger partial charge on any atom is -0.299 e. The number of nitriles is 1. The van der Waals surface area contributed by atoms with Gasteiger partial charge in [0.05, 0.1) is 17.0 Å². The maximum absolute atomic E-state index is 13.9. The van der Waals surface area contributed by atoms with E-state index in [1.54, 1.807) is 12.1 Å². The summed E-state index contributed by atoms with van der Waals surface area (Å²) in [5.41, 5.74) is -0.408. The quantitative estimate of drug-likeness (QED) is 0.427. The molecule has 1 fully saturated rings. The molecule has 2 aromatic rings. The second-order valence-corrected chi connectivity index (χ2v) is 9.25. The van der Waals surface area contributed by atoms with Crippen LogP contribution >= 0.6 is 0 Å². The molecule has 172 valence electrons. The zero-order valence-corrected chi connectivity index (χ0v) is 19.0. The van der Waals surface area contributed by atoms with Gasteiger partial charge in [-0.2, -0.15) is 18.4 Å². The number of nitrogens with zero attached hydrogens (tertiary/aromatic N) is 2. The van der Waals surface area contributed by atoms with E-state index in [2.05, 4.69) is 30.0 Å². The number of benzene rings is 2. The monoisotopic (exact) mass is 442 g/mol. The van der Waals surface area contributed by atoms with E-state index in [0.29, 0.717) is 12.8 Å². The predicted molar refractivity (Wildman–Crippen MR) is 122 cm³/mol. The third-order valence-electron chi connectivity index (χ3n) is 7.20. The van der Waals surface area contributed by atoms with Crippen molar-refractivity contribution in [3.63, 3.8) is 0 Å². The largest absolute Gasteiger partial charge is 0.416 e. The lowest BCUT2D eigenvalue weighted by atomic mass is 9.62. The number of hydrogen-bond acceptors (Lipinski definition) is 2. The predicted octanol–water partition coefficient (Wildman–Crippen LogP) is 7.35. The van der Waals surface area contributed by atoms with Crippen LogP contribution in [0.15, 0.2) is 54.6 Å². The first-order valence-electron chi connectivity index (χ1n) is 11.6. The first-order valence-corrected chi connectivity index (χ1v) is 11.6. The fourth-order valence-corrected chi connectivity index (χ4v) is 5.17. The molecule has 0 radical (unpaired) electrons. The Kier molecular flexibility index (Phi) is 8.00. The highest BCUT2D eigenvalue weighted by Crippen LogP contribution is 2.48. The molecule has 32 heavy (non-hydrogen) atoms. The van der Waals surface area contributed by atoms with Gasteiger partial charge in [0.1, 0.15) is 0 Å². The van der Waals surface area contributed by atoms with E-state index in [-0.39, 0.29) is 17.5 Å². The first kappa shape index (κ1) is 24.3. The van der Waals surface area contributed by atoms with E-state index < -0.39 is 17.2 Å². The van der Waals surface area contributed by atoms with Crippen LogP contribution in [-0.2, 0) is 18.1 Å². The van der Waals surface area contributed by atoms with Crippen LogP contribution in [0, 0.1) is 17.2 Å².